The maximum Gasteiger partial charge on any atom is 0.239 e. The molecule has 0 aliphatic rings. The average Bonchev–Trinajstić information content (AvgIpc) is 2.48. The quantitative estimate of drug-likeness (QED) is 0.865. The molecule has 2 rings (SSSR count). The van der Waals surface area contributed by atoms with Crippen LogP contribution in [0.3, 0.4) is 0 Å². The molecule has 21 heavy (non-hydrogen) atoms. The van der Waals surface area contributed by atoms with Crippen LogP contribution in [0.5, 0.6) is 0 Å². The number of alkyl halides is 1. The van der Waals surface area contributed by atoms with E-state index >= 15 is 0 Å². The molecule has 0 aliphatic heterocycles. The number of hydrogen-bond acceptors (Lipinski definition) is 3. The second kappa shape index (κ2) is 6.47. The van der Waals surface area contributed by atoms with Crippen molar-refractivity contribution in [1.82, 2.24) is 0 Å². The first-order valence-corrected chi connectivity index (χ1v) is 8.29. The molecular weight excluding hydrogens is 333 g/mol. The molecule has 2 aromatic carbocycles. The topological polar surface area (TPSA) is 63.2 Å². The average molecular weight is 344 g/mol. The van der Waals surface area contributed by atoms with E-state index in [1.165, 1.54) is 48.5 Å². The van der Waals surface area contributed by atoms with Crippen molar-refractivity contribution in [2.24, 2.45) is 0 Å². The highest BCUT2D eigenvalue weighted by atomic mass is 35.5. The predicted molar refractivity (Wildman–Crippen MR) is 82.7 cm³/mol. The third-order valence-corrected chi connectivity index (χ3v) is 4.97. The summed E-state index contributed by atoms with van der Waals surface area (Å²) in [6.07, 6.45) is 0. The number of carbonyl (C=O) groups is 1. The van der Waals surface area contributed by atoms with E-state index in [0.29, 0.717) is 10.7 Å². The molecule has 0 fully saturated rings. The number of sulfone groups is 1. The van der Waals surface area contributed by atoms with Gasteiger partial charge in [-0.1, -0.05) is 11.6 Å². The van der Waals surface area contributed by atoms with Gasteiger partial charge >= 0.3 is 0 Å². The molecule has 0 saturated heterocycles. The number of nitrogens with one attached hydrogen (secondary N) is 1. The van der Waals surface area contributed by atoms with Gasteiger partial charge in [0.05, 0.1) is 9.79 Å². The van der Waals surface area contributed by atoms with E-state index in [1.807, 2.05) is 0 Å². The molecule has 1 amide bonds. The summed E-state index contributed by atoms with van der Waals surface area (Å²) in [5, 5.41) is 3.00. The molecule has 110 valence electrons. The van der Waals surface area contributed by atoms with Gasteiger partial charge in [0.25, 0.3) is 0 Å². The summed E-state index contributed by atoms with van der Waals surface area (Å²) in [6.45, 7) is 0. The Morgan fingerprint density at radius 1 is 0.952 bits per heavy atom. The second-order valence-corrected chi connectivity index (χ2v) is 6.82. The number of rotatable bonds is 4. The lowest BCUT2D eigenvalue weighted by Gasteiger charge is -2.07. The molecule has 2 aromatic rings. The first-order chi connectivity index (χ1) is 9.93. The third kappa shape index (κ3) is 3.75. The smallest absolute Gasteiger partial charge is 0.239 e. The summed E-state index contributed by atoms with van der Waals surface area (Å²) in [7, 11) is -3.60. The van der Waals surface area contributed by atoms with Crippen LogP contribution in [0.1, 0.15) is 0 Å². The van der Waals surface area contributed by atoms with Crippen LogP contribution in [-0.2, 0) is 14.6 Å². The molecule has 0 aromatic heterocycles. The molecular formula is C14H11Cl2NO3S. The van der Waals surface area contributed by atoms with Crippen LogP contribution in [0.2, 0.25) is 5.02 Å². The minimum absolute atomic E-state index is 0.133. The third-order valence-electron chi connectivity index (χ3n) is 2.69. The van der Waals surface area contributed by atoms with Gasteiger partial charge in [0.2, 0.25) is 15.7 Å². The van der Waals surface area contributed by atoms with Gasteiger partial charge in [-0.25, -0.2) is 8.42 Å². The van der Waals surface area contributed by atoms with Crippen LogP contribution in [0.15, 0.2) is 58.3 Å². The molecule has 0 aliphatic carbocycles. The lowest BCUT2D eigenvalue weighted by molar-refractivity contribution is -0.113. The Bertz CT molecular complexity index is 741. The maximum atomic E-state index is 12.4. The van der Waals surface area contributed by atoms with Crippen molar-refractivity contribution in [2.45, 2.75) is 9.79 Å². The molecule has 0 spiro atoms. The molecule has 4 nitrogen and oxygen atoms in total. The van der Waals surface area contributed by atoms with Crippen LogP contribution in [0.4, 0.5) is 5.69 Å². The Hall–Kier alpha value is -1.56. The number of anilines is 1. The van der Waals surface area contributed by atoms with Crippen molar-refractivity contribution >= 4 is 44.6 Å². The Balaban J connectivity index is 2.29. The zero-order valence-corrected chi connectivity index (χ0v) is 13.0. The van der Waals surface area contributed by atoms with E-state index in [-0.39, 0.29) is 21.6 Å². The molecule has 0 bridgehead atoms. The minimum Gasteiger partial charge on any atom is -0.325 e. The van der Waals surface area contributed by atoms with Crippen molar-refractivity contribution in [2.75, 3.05) is 11.2 Å². The van der Waals surface area contributed by atoms with Crippen LogP contribution in [-0.4, -0.2) is 20.2 Å². The normalized spacial score (nSPS) is 11.1. The van der Waals surface area contributed by atoms with Crippen LogP contribution >= 0.6 is 23.2 Å². The molecule has 0 unspecified atom stereocenters. The van der Waals surface area contributed by atoms with Crippen LogP contribution in [0.25, 0.3) is 0 Å². The Morgan fingerprint density at radius 3 is 1.90 bits per heavy atom. The highest BCUT2D eigenvalue weighted by Crippen LogP contribution is 2.23. The largest absolute Gasteiger partial charge is 0.325 e. The van der Waals surface area contributed by atoms with Gasteiger partial charge in [0.15, 0.2) is 0 Å². The molecule has 7 heteroatoms. The van der Waals surface area contributed by atoms with Crippen molar-refractivity contribution in [3.8, 4) is 0 Å². The Labute approximate surface area is 132 Å². The number of carbonyl (C=O) groups excluding carboxylic acids is 1. The molecule has 1 N–H and O–H groups in total. The lowest BCUT2D eigenvalue weighted by atomic mass is 10.3. The predicted octanol–water partition coefficient (Wildman–Crippen LogP) is 3.35. The van der Waals surface area contributed by atoms with Crippen LogP contribution < -0.4 is 5.32 Å². The number of amides is 1. The van der Waals surface area contributed by atoms with E-state index in [4.69, 9.17) is 23.2 Å². The van der Waals surface area contributed by atoms with Gasteiger partial charge in [-0.15, -0.1) is 11.6 Å². The highest BCUT2D eigenvalue weighted by Gasteiger charge is 2.17. The zero-order chi connectivity index (χ0) is 15.5. The van der Waals surface area contributed by atoms with E-state index in [2.05, 4.69) is 5.32 Å². The maximum absolute atomic E-state index is 12.4. The molecule has 0 radical (unpaired) electrons. The summed E-state index contributed by atoms with van der Waals surface area (Å²) in [4.78, 5) is 11.4. The Kier molecular flexibility index (Phi) is 4.88. The summed E-state index contributed by atoms with van der Waals surface area (Å²) in [5.74, 6) is -0.518. The zero-order valence-electron chi connectivity index (χ0n) is 10.7. The van der Waals surface area contributed by atoms with E-state index in [0.717, 1.165) is 0 Å². The standard InChI is InChI=1S/C14H11Cl2NO3S/c15-9-14(18)17-11-3-7-13(8-4-11)21(19,20)12-5-1-10(16)2-6-12/h1-8H,9H2,(H,17,18). The molecule has 0 saturated carbocycles. The van der Waals surface area contributed by atoms with Gasteiger partial charge in [0, 0.05) is 10.7 Å². The van der Waals surface area contributed by atoms with E-state index in [9.17, 15) is 13.2 Å². The van der Waals surface area contributed by atoms with Gasteiger partial charge in [0.1, 0.15) is 5.88 Å². The minimum atomic E-state index is -3.60. The molecule has 0 heterocycles. The first-order valence-electron chi connectivity index (χ1n) is 5.90. The number of halogens is 2. The van der Waals surface area contributed by atoms with Gasteiger partial charge in [-0.05, 0) is 48.5 Å². The number of hydrogen-bond donors (Lipinski definition) is 1. The van der Waals surface area contributed by atoms with Crippen molar-refractivity contribution in [3.05, 3.63) is 53.6 Å². The van der Waals surface area contributed by atoms with Crippen molar-refractivity contribution < 1.29 is 13.2 Å². The second-order valence-electron chi connectivity index (χ2n) is 4.16. The van der Waals surface area contributed by atoms with Gasteiger partial charge in [-0.2, -0.15) is 0 Å². The fourth-order valence-corrected chi connectivity index (χ4v) is 3.12. The fourth-order valence-electron chi connectivity index (χ4n) is 1.66. The monoisotopic (exact) mass is 343 g/mol. The summed E-state index contributed by atoms with van der Waals surface area (Å²) in [6, 6.07) is 11.8. The molecule has 0 atom stereocenters. The van der Waals surface area contributed by atoms with Crippen LogP contribution in [0, 0.1) is 0 Å². The fraction of sp³-hybridized carbons (Fsp3) is 0.0714. The highest BCUT2D eigenvalue weighted by molar-refractivity contribution is 7.91. The van der Waals surface area contributed by atoms with E-state index < -0.39 is 9.84 Å². The van der Waals surface area contributed by atoms with Gasteiger partial charge in [-0.3, -0.25) is 4.79 Å². The van der Waals surface area contributed by atoms with Gasteiger partial charge < -0.3 is 5.32 Å². The summed E-state index contributed by atoms with van der Waals surface area (Å²) >= 11 is 11.1. The summed E-state index contributed by atoms with van der Waals surface area (Å²) < 4.78 is 24.8. The van der Waals surface area contributed by atoms with Crippen molar-refractivity contribution in [1.29, 1.82) is 0 Å². The van der Waals surface area contributed by atoms with Crippen molar-refractivity contribution in [3.63, 3.8) is 0 Å². The van der Waals surface area contributed by atoms with E-state index in [1.54, 1.807) is 0 Å². The number of benzene rings is 2. The first kappa shape index (κ1) is 15.8. The lowest BCUT2D eigenvalue weighted by Crippen LogP contribution is -2.12. The SMILES string of the molecule is O=C(CCl)Nc1ccc(S(=O)(=O)c2ccc(Cl)cc2)cc1. The summed E-state index contributed by atoms with van der Waals surface area (Å²) in [5.41, 5.74) is 0.482. The Morgan fingerprint density at radius 2 is 1.43 bits per heavy atom.